The van der Waals surface area contributed by atoms with Crippen LogP contribution in [0.4, 0.5) is 0 Å². The van der Waals surface area contributed by atoms with E-state index in [-0.39, 0.29) is 21.8 Å². The third-order valence-electron chi connectivity index (χ3n) is 9.14. The molecule has 34 heavy (non-hydrogen) atoms. The lowest BCUT2D eigenvalue weighted by Crippen LogP contribution is -2.67. The summed E-state index contributed by atoms with van der Waals surface area (Å²) in [6, 6.07) is 21.7. The lowest BCUT2D eigenvalue weighted by Gasteiger charge is -2.54. The van der Waals surface area contributed by atoms with Gasteiger partial charge in [0.2, 0.25) is 0 Å². The van der Waals surface area contributed by atoms with Crippen LogP contribution in [-0.2, 0) is 9.22 Å². The molecule has 1 fully saturated rings. The minimum absolute atomic E-state index is 0.0561. The summed E-state index contributed by atoms with van der Waals surface area (Å²) >= 11 is 0. The normalized spacial score (nSPS) is 29.8. The maximum absolute atomic E-state index is 12.6. The number of rotatable bonds is 6. The number of fused-ring (bicyclic) bond motifs is 1. The van der Waals surface area contributed by atoms with Crippen molar-refractivity contribution in [2.24, 2.45) is 22.7 Å². The Labute approximate surface area is 208 Å². The molecule has 2 nitrogen and oxygen atoms in total. The van der Waals surface area contributed by atoms with Crippen LogP contribution < -0.4 is 10.4 Å². The van der Waals surface area contributed by atoms with Crippen LogP contribution in [0.2, 0.25) is 5.04 Å². The number of hydrogen-bond donors (Lipinski definition) is 0. The summed E-state index contributed by atoms with van der Waals surface area (Å²) in [5, 5.41) is 2.55. The Hall–Kier alpha value is -1.97. The van der Waals surface area contributed by atoms with Crippen molar-refractivity contribution in [3.63, 3.8) is 0 Å². The van der Waals surface area contributed by atoms with Crippen molar-refractivity contribution >= 4 is 25.0 Å². The van der Waals surface area contributed by atoms with E-state index in [9.17, 15) is 4.79 Å². The van der Waals surface area contributed by atoms with E-state index in [1.807, 2.05) is 0 Å². The van der Waals surface area contributed by atoms with E-state index < -0.39 is 8.32 Å². The summed E-state index contributed by atoms with van der Waals surface area (Å²) < 4.78 is 7.29. The second kappa shape index (κ2) is 9.24. The van der Waals surface area contributed by atoms with Crippen molar-refractivity contribution in [1.82, 2.24) is 0 Å². The lowest BCUT2D eigenvalue weighted by molar-refractivity contribution is -0.126. The largest absolute Gasteiger partial charge is 0.403 e. The fraction of sp³-hybridized carbons (Fsp3) is 0.516. The van der Waals surface area contributed by atoms with E-state index in [2.05, 4.69) is 108 Å². The Kier molecular flexibility index (Phi) is 6.83. The highest BCUT2D eigenvalue weighted by Gasteiger charge is 2.54. The van der Waals surface area contributed by atoms with Crippen molar-refractivity contribution in [3.05, 3.63) is 72.3 Å². The molecule has 0 aromatic heterocycles. The number of aldehydes is 1. The zero-order valence-electron chi connectivity index (χ0n) is 21.9. The first-order valence-electron chi connectivity index (χ1n) is 13.0. The van der Waals surface area contributed by atoms with Crippen LogP contribution in [0.15, 0.2) is 72.3 Å². The topological polar surface area (TPSA) is 26.3 Å². The first kappa shape index (κ1) is 25.1. The van der Waals surface area contributed by atoms with Gasteiger partial charge in [-0.05, 0) is 51.1 Å². The summed E-state index contributed by atoms with van der Waals surface area (Å²) in [5.74, 6) is 0.595. The van der Waals surface area contributed by atoms with Crippen molar-refractivity contribution in [3.8, 4) is 0 Å². The van der Waals surface area contributed by atoms with E-state index >= 15 is 0 Å². The van der Waals surface area contributed by atoms with Crippen LogP contribution in [-0.4, -0.2) is 21.2 Å². The molecule has 4 atom stereocenters. The maximum atomic E-state index is 12.6. The monoisotopic (exact) mass is 474 g/mol. The van der Waals surface area contributed by atoms with Gasteiger partial charge in [0.25, 0.3) is 8.32 Å². The molecule has 0 radical (unpaired) electrons. The van der Waals surface area contributed by atoms with Gasteiger partial charge in [0.05, 0.1) is 6.61 Å². The van der Waals surface area contributed by atoms with Gasteiger partial charge in [-0.3, -0.25) is 0 Å². The number of carbonyl (C=O) groups excluding carboxylic acids is 1. The van der Waals surface area contributed by atoms with Gasteiger partial charge in [0.15, 0.2) is 0 Å². The quantitative estimate of drug-likeness (QED) is 0.270. The van der Waals surface area contributed by atoms with Gasteiger partial charge in [-0.25, -0.2) is 0 Å². The Bertz CT molecular complexity index is 983. The Morgan fingerprint density at radius 3 is 2.03 bits per heavy atom. The zero-order chi connectivity index (χ0) is 24.6. The van der Waals surface area contributed by atoms with Crippen molar-refractivity contribution in [1.29, 1.82) is 0 Å². The fourth-order valence-corrected chi connectivity index (χ4v) is 11.6. The predicted molar refractivity (Wildman–Crippen MR) is 145 cm³/mol. The molecule has 0 spiro atoms. The number of benzene rings is 2. The molecule has 4 rings (SSSR count). The molecule has 0 amide bonds. The van der Waals surface area contributed by atoms with Crippen molar-refractivity contribution in [2.75, 3.05) is 6.61 Å². The molecular weight excluding hydrogens is 432 g/mol. The van der Waals surface area contributed by atoms with E-state index in [0.29, 0.717) is 12.5 Å². The highest BCUT2D eigenvalue weighted by atomic mass is 28.4. The molecule has 3 heteroatoms. The molecule has 0 bridgehead atoms. The van der Waals surface area contributed by atoms with E-state index in [1.165, 1.54) is 35.1 Å². The second-order valence-electron chi connectivity index (χ2n) is 12.2. The zero-order valence-corrected chi connectivity index (χ0v) is 22.9. The summed E-state index contributed by atoms with van der Waals surface area (Å²) in [4.78, 5) is 12.6. The molecule has 0 unspecified atom stereocenters. The molecule has 0 N–H and O–H groups in total. The average molecular weight is 475 g/mol. The lowest BCUT2D eigenvalue weighted by atomic mass is 9.50. The third kappa shape index (κ3) is 4.05. The molecule has 2 aromatic rings. The maximum Gasteiger partial charge on any atom is 0.261 e. The highest BCUT2D eigenvalue weighted by molar-refractivity contribution is 6.99. The van der Waals surface area contributed by atoms with Crippen molar-refractivity contribution in [2.45, 2.75) is 72.3 Å². The molecule has 2 aliphatic carbocycles. The first-order chi connectivity index (χ1) is 16.1. The molecule has 0 heterocycles. The van der Waals surface area contributed by atoms with Crippen LogP contribution >= 0.6 is 0 Å². The summed E-state index contributed by atoms with van der Waals surface area (Å²) in [6.45, 7) is 14.4. The molecule has 0 saturated heterocycles. The Morgan fingerprint density at radius 1 is 0.971 bits per heavy atom. The Balaban J connectivity index is 1.80. The van der Waals surface area contributed by atoms with Gasteiger partial charge < -0.3 is 9.22 Å². The SMILES string of the molecule is C[C@@H]1C(CO[Si](c2ccccc2)(c2ccccc2)C(C)(C)C)=C[C@]2(C)CCCC[C@@H]2[C@@]1(C)C=O. The average Bonchev–Trinajstić information content (AvgIpc) is 2.83. The van der Waals surface area contributed by atoms with Crippen LogP contribution in [0, 0.1) is 22.7 Å². The smallest absolute Gasteiger partial charge is 0.261 e. The van der Waals surface area contributed by atoms with Gasteiger partial charge >= 0.3 is 0 Å². The summed E-state index contributed by atoms with van der Waals surface area (Å²) in [7, 11) is -2.62. The molecular formula is C31H42O2Si. The van der Waals surface area contributed by atoms with Gasteiger partial charge in [-0.2, -0.15) is 0 Å². The van der Waals surface area contributed by atoms with Crippen LogP contribution in [0.25, 0.3) is 0 Å². The number of allylic oxidation sites excluding steroid dienone is 1. The number of carbonyl (C=O) groups is 1. The third-order valence-corrected chi connectivity index (χ3v) is 14.1. The van der Waals surface area contributed by atoms with Gasteiger partial charge in [-0.1, -0.05) is 121 Å². The van der Waals surface area contributed by atoms with E-state index in [1.54, 1.807) is 0 Å². The minimum atomic E-state index is -2.62. The van der Waals surface area contributed by atoms with Gasteiger partial charge in [0.1, 0.15) is 6.29 Å². The highest BCUT2D eigenvalue weighted by Crippen LogP contribution is 2.58. The number of hydrogen-bond acceptors (Lipinski definition) is 2. The first-order valence-corrected chi connectivity index (χ1v) is 14.9. The Morgan fingerprint density at radius 2 is 1.53 bits per heavy atom. The van der Waals surface area contributed by atoms with Crippen LogP contribution in [0.1, 0.15) is 67.2 Å². The molecule has 1 saturated carbocycles. The molecule has 2 aliphatic rings. The summed E-state index contributed by atoms with van der Waals surface area (Å²) in [6.07, 6.45) is 8.58. The minimum Gasteiger partial charge on any atom is -0.403 e. The molecule has 2 aromatic carbocycles. The molecule has 182 valence electrons. The standard InChI is InChI=1S/C31H42O2Si/c1-24-25(21-30(5)20-14-13-19-28(30)31(24,6)23-32)22-33-34(29(2,3)4,26-15-9-7-10-16-26)27-17-11-8-12-18-27/h7-12,15-18,21,23-24,28H,13-14,19-20,22H2,1-6H3/t24-,28+,30+,31+/m1/s1. The second-order valence-corrected chi connectivity index (χ2v) is 16.5. The molecule has 0 aliphatic heterocycles. The summed E-state index contributed by atoms with van der Waals surface area (Å²) in [5.41, 5.74) is 1.04. The van der Waals surface area contributed by atoms with E-state index in [0.717, 1.165) is 12.8 Å². The predicted octanol–water partition coefficient (Wildman–Crippen LogP) is 6.54. The van der Waals surface area contributed by atoms with Gasteiger partial charge in [0, 0.05) is 5.41 Å². The van der Waals surface area contributed by atoms with Gasteiger partial charge in [-0.15, -0.1) is 0 Å². The van der Waals surface area contributed by atoms with Crippen LogP contribution in [0.5, 0.6) is 0 Å². The van der Waals surface area contributed by atoms with E-state index in [4.69, 9.17) is 4.43 Å². The van der Waals surface area contributed by atoms with Crippen molar-refractivity contribution < 1.29 is 9.22 Å². The fourth-order valence-electron chi connectivity index (χ4n) is 7.11. The van der Waals surface area contributed by atoms with Crippen LogP contribution in [0.3, 0.4) is 0 Å².